The van der Waals surface area contributed by atoms with E-state index in [1.807, 2.05) is 35.0 Å². The Hall–Kier alpha value is -2.50. The molecule has 4 aromatic rings. The number of nitrogens with one attached hydrogen (secondary N) is 1. The number of hydrogen-bond donors (Lipinski definition) is 1. The molecular weight excluding hydrogens is 450 g/mol. The second kappa shape index (κ2) is 8.89. The summed E-state index contributed by atoms with van der Waals surface area (Å²) < 4.78 is 8.21. The van der Waals surface area contributed by atoms with Crippen molar-refractivity contribution in [2.75, 3.05) is 19.0 Å². The maximum absolute atomic E-state index is 6.24. The normalized spacial score (nSPS) is 11.0. The van der Waals surface area contributed by atoms with Gasteiger partial charge in [0.25, 0.3) is 0 Å². The summed E-state index contributed by atoms with van der Waals surface area (Å²) in [6.07, 6.45) is 2.93. The van der Waals surface area contributed by atoms with Gasteiger partial charge in [-0.25, -0.2) is 0 Å². The van der Waals surface area contributed by atoms with Gasteiger partial charge in [-0.15, -0.1) is 0 Å². The Bertz CT molecular complexity index is 1120. The maximum atomic E-state index is 6.24. The molecular formula is C23H21BrClN3O. The Morgan fingerprint density at radius 1 is 1.10 bits per heavy atom. The summed E-state index contributed by atoms with van der Waals surface area (Å²) in [5.74, 6) is 0.856. The Morgan fingerprint density at radius 3 is 2.66 bits per heavy atom. The monoisotopic (exact) mass is 469 g/mol. The first-order valence-corrected chi connectivity index (χ1v) is 10.6. The molecule has 148 valence electrons. The molecule has 6 heteroatoms. The van der Waals surface area contributed by atoms with E-state index >= 15 is 0 Å². The molecule has 29 heavy (non-hydrogen) atoms. The average molecular weight is 471 g/mol. The number of fused-ring (bicyclic) bond motifs is 1. The molecule has 1 aromatic heterocycles. The zero-order valence-corrected chi connectivity index (χ0v) is 18.4. The van der Waals surface area contributed by atoms with Crippen LogP contribution in [0.15, 0.2) is 71.3 Å². The molecule has 0 aliphatic rings. The third-order valence-corrected chi connectivity index (χ3v) is 5.83. The van der Waals surface area contributed by atoms with Crippen LogP contribution in [0.25, 0.3) is 10.9 Å². The van der Waals surface area contributed by atoms with Crippen LogP contribution < -0.4 is 10.1 Å². The molecule has 0 amide bonds. The minimum absolute atomic E-state index is 0.709. The minimum atomic E-state index is 0.709. The summed E-state index contributed by atoms with van der Waals surface area (Å²) in [5, 5.41) is 10.1. The van der Waals surface area contributed by atoms with Crippen LogP contribution in [0.2, 0.25) is 5.02 Å². The van der Waals surface area contributed by atoms with E-state index in [0.29, 0.717) is 6.54 Å². The molecule has 4 rings (SSSR count). The van der Waals surface area contributed by atoms with Crippen molar-refractivity contribution in [2.45, 2.75) is 13.0 Å². The molecule has 3 aromatic carbocycles. The summed E-state index contributed by atoms with van der Waals surface area (Å²) in [4.78, 5) is 0. The van der Waals surface area contributed by atoms with Crippen molar-refractivity contribution in [3.63, 3.8) is 0 Å². The molecule has 0 saturated heterocycles. The molecule has 0 spiro atoms. The highest BCUT2D eigenvalue weighted by molar-refractivity contribution is 9.10. The molecule has 0 aliphatic heterocycles. The van der Waals surface area contributed by atoms with Crippen LogP contribution in [0, 0.1) is 0 Å². The Balaban J connectivity index is 1.47. The van der Waals surface area contributed by atoms with Crippen LogP contribution in [-0.4, -0.2) is 23.4 Å². The van der Waals surface area contributed by atoms with E-state index in [9.17, 15) is 0 Å². The number of nitrogens with zero attached hydrogens (tertiary/aromatic N) is 2. The molecule has 0 atom stereocenters. The van der Waals surface area contributed by atoms with E-state index in [-0.39, 0.29) is 0 Å². The van der Waals surface area contributed by atoms with Crippen molar-refractivity contribution in [1.82, 2.24) is 9.78 Å². The Kier molecular flexibility index (Phi) is 6.07. The number of halogens is 2. The maximum Gasteiger partial charge on any atom is 0.118 e. The predicted octanol–water partition coefficient (Wildman–Crippen LogP) is 6.16. The highest BCUT2D eigenvalue weighted by Crippen LogP contribution is 2.28. The van der Waals surface area contributed by atoms with Crippen molar-refractivity contribution in [3.8, 4) is 5.75 Å². The van der Waals surface area contributed by atoms with Crippen molar-refractivity contribution >= 4 is 44.1 Å². The van der Waals surface area contributed by atoms with E-state index < -0.39 is 0 Å². The summed E-state index contributed by atoms with van der Waals surface area (Å²) in [6, 6.07) is 20.2. The lowest BCUT2D eigenvalue weighted by molar-refractivity contribution is 0.414. The van der Waals surface area contributed by atoms with Gasteiger partial charge in [0.05, 0.1) is 19.2 Å². The number of anilines is 1. The minimum Gasteiger partial charge on any atom is -0.497 e. The number of benzene rings is 3. The molecule has 0 bridgehead atoms. The van der Waals surface area contributed by atoms with Gasteiger partial charge in [0.1, 0.15) is 5.75 Å². The highest BCUT2D eigenvalue weighted by atomic mass is 79.9. The summed E-state index contributed by atoms with van der Waals surface area (Å²) >= 11 is 9.92. The van der Waals surface area contributed by atoms with Gasteiger partial charge in [-0.3, -0.25) is 4.68 Å². The summed E-state index contributed by atoms with van der Waals surface area (Å²) in [5.41, 5.74) is 4.30. The van der Waals surface area contributed by atoms with Crippen LogP contribution in [-0.2, 0) is 13.0 Å². The Morgan fingerprint density at radius 2 is 1.90 bits per heavy atom. The molecule has 1 heterocycles. The topological polar surface area (TPSA) is 39.1 Å². The molecule has 0 radical (unpaired) electrons. The fourth-order valence-corrected chi connectivity index (χ4v) is 4.06. The van der Waals surface area contributed by atoms with Gasteiger partial charge in [-0.2, -0.15) is 5.10 Å². The van der Waals surface area contributed by atoms with Gasteiger partial charge in [0.15, 0.2) is 0 Å². The summed E-state index contributed by atoms with van der Waals surface area (Å²) in [7, 11) is 1.67. The van der Waals surface area contributed by atoms with Gasteiger partial charge < -0.3 is 10.1 Å². The van der Waals surface area contributed by atoms with E-state index in [1.54, 1.807) is 7.11 Å². The predicted molar refractivity (Wildman–Crippen MR) is 123 cm³/mol. The van der Waals surface area contributed by atoms with Gasteiger partial charge in [-0.1, -0.05) is 41.9 Å². The lowest BCUT2D eigenvalue weighted by Gasteiger charge is -2.08. The SMILES string of the molecule is COc1ccc(Cn2cc3c(Br)cc(NCCc4ccccc4Cl)cc3n2)cc1. The molecule has 0 fully saturated rings. The summed E-state index contributed by atoms with van der Waals surface area (Å²) in [6.45, 7) is 1.51. The second-order valence-electron chi connectivity index (χ2n) is 6.83. The standard InChI is InChI=1S/C23H21BrClN3O/c1-29-19-8-6-16(7-9-19)14-28-15-20-21(24)12-18(13-23(20)27-28)26-11-10-17-4-2-3-5-22(17)25/h2-9,12-13,15,26H,10-11,14H2,1H3. The number of methoxy groups -OCH3 is 1. The lowest BCUT2D eigenvalue weighted by atomic mass is 10.1. The van der Waals surface area contributed by atoms with Crippen molar-refractivity contribution in [2.24, 2.45) is 0 Å². The third kappa shape index (κ3) is 4.74. The first-order valence-electron chi connectivity index (χ1n) is 9.39. The number of rotatable bonds is 7. The zero-order chi connectivity index (χ0) is 20.2. The van der Waals surface area contributed by atoms with Crippen molar-refractivity contribution in [3.05, 3.63) is 87.5 Å². The van der Waals surface area contributed by atoms with Crippen LogP contribution in [0.1, 0.15) is 11.1 Å². The van der Waals surface area contributed by atoms with Crippen LogP contribution in [0.5, 0.6) is 5.75 Å². The van der Waals surface area contributed by atoms with Gasteiger partial charge in [0, 0.05) is 33.3 Å². The third-order valence-electron chi connectivity index (χ3n) is 4.81. The van der Waals surface area contributed by atoms with Gasteiger partial charge >= 0.3 is 0 Å². The lowest BCUT2D eigenvalue weighted by Crippen LogP contribution is -2.05. The van der Waals surface area contributed by atoms with Crippen LogP contribution in [0.3, 0.4) is 0 Å². The molecule has 0 saturated carbocycles. The quantitative estimate of drug-likeness (QED) is 0.351. The Labute approximate surface area is 183 Å². The first-order chi connectivity index (χ1) is 14.1. The van der Waals surface area contributed by atoms with Crippen molar-refractivity contribution in [1.29, 1.82) is 0 Å². The molecule has 4 nitrogen and oxygen atoms in total. The number of ether oxygens (including phenoxy) is 1. The number of hydrogen-bond acceptors (Lipinski definition) is 3. The van der Waals surface area contributed by atoms with E-state index in [0.717, 1.165) is 50.4 Å². The van der Waals surface area contributed by atoms with Crippen LogP contribution >= 0.6 is 27.5 Å². The fourth-order valence-electron chi connectivity index (χ4n) is 3.27. The second-order valence-corrected chi connectivity index (χ2v) is 8.10. The fraction of sp³-hybridized carbons (Fsp3) is 0.174. The van der Waals surface area contributed by atoms with Crippen LogP contribution in [0.4, 0.5) is 5.69 Å². The van der Waals surface area contributed by atoms with E-state index in [2.05, 4.69) is 57.8 Å². The van der Waals surface area contributed by atoms with E-state index in [1.165, 1.54) is 5.56 Å². The molecule has 0 aliphatic carbocycles. The van der Waals surface area contributed by atoms with E-state index in [4.69, 9.17) is 21.4 Å². The van der Waals surface area contributed by atoms with Crippen molar-refractivity contribution < 1.29 is 4.74 Å². The highest BCUT2D eigenvalue weighted by Gasteiger charge is 2.08. The average Bonchev–Trinajstić information content (AvgIpc) is 3.13. The van der Waals surface area contributed by atoms with Gasteiger partial charge in [0.2, 0.25) is 0 Å². The molecule has 1 N–H and O–H groups in total. The first kappa shape index (κ1) is 19.8. The largest absolute Gasteiger partial charge is 0.497 e. The zero-order valence-electron chi connectivity index (χ0n) is 16.0. The smallest absolute Gasteiger partial charge is 0.118 e. The van der Waals surface area contributed by atoms with Gasteiger partial charge in [-0.05, 0) is 63.8 Å². The molecule has 0 unspecified atom stereocenters. The number of aromatic nitrogens is 2.